The van der Waals surface area contributed by atoms with E-state index in [1.165, 1.54) is 29.5 Å². The molecule has 1 aliphatic rings. The van der Waals surface area contributed by atoms with Crippen LogP contribution in [0.25, 0.3) is 5.69 Å². The molecule has 1 amide bonds. The zero-order valence-corrected chi connectivity index (χ0v) is 14.3. The fraction of sp³-hybridized carbons (Fsp3) is 0.333. The highest BCUT2D eigenvalue weighted by Gasteiger charge is 2.41. The molecule has 1 saturated heterocycles. The maximum absolute atomic E-state index is 12.6. The number of nitrogens with zero attached hydrogens (tertiary/aromatic N) is 4. The number of aromatic nitrogens is 3. The normalized spacial score (nSPS) is 16.0. The SMILES string of the molecule is O=C(NC1(C(=O)O)CCSCC1)c1ccc(-n2cncn2)c([N+](=O)[O-])c1. The number of nitrogens with one attached hydrogen (secondary N) is 1. The number of hydrogen-bond acceptors (Lipinski definition) is 7. The summed E-state index contributed by atoms with van der Waals surface area (Å²) in [6, 6.07) is 3.89. The van der Waals surface area contributed by atoms with E-state index < -0.39 is 22.3 Å². The third-order valence-corrected chi connectivity index (χ3v) is 5.19. The van der Waals surface area contributed by atoms with Crippen LogP contribution in [0.4, 0.5) is 5.69 Å². The van der Waals surface area contributed by atoms with Gasteiger partial charge in [0, 0.05) is 11.6 Å². The summed E-state index contributed by atoms with van der Waals surface area (Å²) in [7, 11) is 0. The van der Waals surface area contributed by atoms with Crippen LogP contribution in [0.1, 0.15) is 23.2 Å². The van der Waals surface area contributed by atoms with Crippen molar-refractivity contribution in [3.8, 4) is 5.69 Å². The molecule has 1 aromatic carbocycles. The van der Waals surface area contributed by atoms with Gasteiger partial charge in [0.05, 0.1) is 4.92 Å². The summed E-state index contributed by atoms with van der Waals surface area (Å²) in [5, 5.41) is 27.3. The third kappa shape index (κ3) is 3.38. The van der Waals surface area contributed by atoms with E-state index in [-0.39, 0.29) is 16.9 Å². The van der Waals surface area contributed by atoms with E-state index in [1.54, 1.807) is 11.8 Å². The summed E-state index contributed by atoms with van der Waals surface area (Å²) in [6.07, 6.45) is 3.15. The molecule has 1 aliphatic heterocycles. The lowest BCUT2D eigenvalue weighted by molar-refractivity contribution is -0.384. The van der Waals surface area contributed by atoms with Gasteiger partial charge >= 0.3 is 5.97 Å². The number of nitro groups is 1. The van der Waals surface area contributed by atoms with Crippen LogP contribution in [0.2, 0.25) is 0 Å². The number of hydrogen-bond donors (Lipinski definition) is 2. The second kappa shape index (κ2) is 7.12. The Labute approximate surface area is 151 Å². The molecule has 136 valence electrons. The zero-order valence-electron chi connectivity index (χ0n) is 13.5. The molecule has 11 heteroatoms. The average molecular weight is 377 g/mol. The van der Waals surface area contributed by atoms with Crippen LogP contribution >= 0.6 is 11.8 Å². The summed E-state index contributed by atoms with van der Waals surface area (Å²) in [5.74, 6) is -0.511. The van der Waals surface area contributed by atoms with Crippen molar-refractivity contribution in [2.75, 3.05) is 11.5 Å². The summed E-state index contributed by atoms with van der Waals surface area (Å²) in [6.45, 7) is 0. The molecule has 0 spiro atoms. The lowest BCUT2D eigenvalue weighted by Crippen LogP contribution is -2.56. The Balaban J connectivity index is 1.91. The van der Waals surface area contributed by atoms with Gasteiger partial charge in [-0.2, -0.15) is 16.9 Å². The molecule has 1 fully saturated rings. The maximum Gasteiger partial charge on any atom is 0.329 e. The fourth-order valence-corrected chi connectivity index (χ4v) is 3.93. The van der Waals surface area contributed by atoms with Gasteiger partial charge in [-0.05, 0) is 36.5 Å². The second-order valence-corrected chi connectivity index (χ2v) is 6.98. The minimum Gasteiger partial charge on any atom is -0.480 e. The lowest BCUT2D eigenvalue weighted by atomic mass is 9.91. The molecule has 0 saturated carbocycles. The van der Waals surface area contributed by atoms with Gasteiger partial charge in [0.15, 0.2) is 0 Å². The number of nitro benzene ring substituents is 1. The smallest absolute Gasteiger partial charge is 0.329 e. The summed E-state index contributed by atoms with van der Waals surface area (Å²) in [4.78, 5) is 38.7. The first kappa shape index (κ1) is 17.9. The first-order chi connectivity index (χ1) is 12.4. The molecule has 2 heterocycles. The van der Waals surface area contributed by atoms with E-state index in [0.717, 1.165) is 6.07 Å². The number of carboxylic acid groups (broad SMARTS) is 1. The average Bonchev–Trinajstić information content (AvgIpc) is 3.16. The molecule has 3 rings (SSSR count). The predicted octanol–water partition coefficient (Wildman–Crippen LogP) is 1.26. The first-order valence-corrected chi connectivity index (χ1v) is 8.85. The summed E-state index contributed by atoms with van der Waals surface area (Å²) in [5.41, 5.74) is -1.50. The lowest BCUT2D eigenvalue weighted by Gasteiger charge is -2.33. The quantitative estimate of drug-likeness (QED) is 0.586. The van der Waals surface area contributed by atoms with E-state index >= 15 is 0 Å². The Morgan fingerprint density at radius 2 is 2.08 bits per heavy atom. The van der Waals surface area contributed by atoms with Gasteiger partial charge in [-0.3, -0.25) is 14.9 Å². The summed E-state index contributed by atoms with van der Waals surface area (Å²) < 4.78 is 1.22. The minimum absolute atomic E-state index is 0.0133. The number of amides is 1. The van der Waals surface area contributed by atoms with E-state index in [4.69, 9.17) is 0 Å². The maximum atomic E-state index is 12.6. The summed E-state index contributed by atoms with van der Waals surface area (Å²) >= 11 is 1.62. The first-order valence-electron chi connectivity index (χ1n) is 7.70. The van der Waals surface area contributed by atoms with Crippen molar-refractivity contribution in [1.29, 1.82) is 0 Å². The standard InChI is InChI=1S/C15H15N5O5S/c21-13(18-15(14(22)23)3-5-26-6-4-15)10-1-2-11(12(7-10)20(24)25)19-9-16-8-17-19/h1-2,7-9H,3-6H2,(H,18,21)(H,22,23). The van der Waals surface area contributed by atoms with Crippen molar-refractivity contribution in [3.63, 3.8) is 0 Å². The highest BCUT2D eigenvalue weighted by molar-refractivity contribution is 7.99. The van der Waals surface area contributed by atoms with Crippen LogP contribution < -0.4 is 5.32 Å². The van der Waals surface area contributed by atoms with Crippen molar-refractivity contribution in [2.24, 2.45) is 0 Å². The highest BCUT2D eigenvalue weighted by Crippen LogP contribution is 2.29. The predicted molar refractivity (Wildman–Crippen MR) is 92.4 cm³/mol. The number of carbonyl (C=O) groups excluding carboxylic acids is 1. The topological polar surface area (TPSA) is 140 Å². The van der Waals surface area contributed by atoms with Gasteiger partial charge < -0.3 is 10.4 Å². The Bertz CT molecular complexity index is 848. The van der Waals surface area contributed by atoms with Gasteiger partial charge in [-0.25, -0.2) is 14.5 Å². The van der Waals surface area contributed by atoms with Gasteiger partial charge in [-0.15, -0.1) is 0 Å². The molecule has 2 N–H and O–H groups in total. The molecular formula is C15H15N5O5S. The van der Waals surface area contributed by atoms with Crippen molar-refractivity contribution < 1.29 is 19.6 Å². The molecular weight excluding hydrogens is 362 g/mol. The van der Waals surface area contributed by atoms with E-state index in [0.29, 0.717) is 24.3 Å². The van der Waals surface area contributed by atoms with Crippen molar-refractivity contribution in [2.45, 2.75) is 18.4 Å². The monoisotopic (exact) mass is 377 g/mol. The molecule has 0 aliphatic carbocycles. The molecule has 0 bridgehead atoms. The van der Waals surface area contributed by atoms with Gasteiger partial charge in [0.2, 0.25) is 0 Å². The molecule has 0 atom stereocenters. The molecule has 26 heavy (non-hydrogen) atoms. The fourth-order valence-electron chi connectivity index (χ4n) is 2.74. The van der Waals surface area contributed by atoms with E-state index in [1.807, 2.05) is 0 Å². The van der Waals surface area contributed by atoms with Crippen LogP contribution in [-0.4, -0.2) is 53.7 Å². The number of aliphatic carboxylic acids is 1. The van der Waals surface area contributed by atoms with Crippen LogP contribution in [0.15, 0.2) is 30.9 Å². The van der Waals surface area contributed by atoms with Gasteiger partial charge in [0.1, 0.15) is 23.9 Å². The molecule has 0 unspecified atom stereocenters. The molecule has 0 radical (unpaired) electrons. The van der Waals surface area contributed by atoms with Crippen molar-refractivity contribution in [1.82, 2.24) is 20.1 Å². The number of carbonyl (C=O) groups is 2. The third-order valence-electron chi connectivity index (χ3n) is 4.21. The van der Waals surface area contributed by atoms with E-state index in [9.17, 15) is 24.8 Å². The number of carboxylic acids is 1. The van der Waals surface area contributed by atoms with Crippen LogP contribution in [0.3, 0.4) is 0 Å². The van der Waals surface area contributed by atoms with Gasteiger partial charge in [-0.1, -0.05) is 0 Å². The van der Waals surface area contributed by atoms with Gasteiger partial charge in [0.25, 0.3) is 11.6 Å². The number of benzene rings is 1. The van der Waals surface area contributed by atoms with Crippen LogP contribution in [-0.2, 0) is 4.79 Å². The Kier molecular flexibility index (Phi) is 4.89. The van der Waals surface area contributed by atoms with Crippen molar-refractivity contribution >= 4 is 29.3 Å². The number of rotatable bonds is 5. The highest BCUT2D eigenvalue weighted by atomic mass is 32.2. The Hall–Kier alpha value is -2.95. The number of thioether (sulfide) groups is 1. The zero-order chi connectivity index (χ0) is 18.7. The van der Waals surface area contributed by atoms with Crippen LogP contribution in [0.5, 0.6) is 0 Å². The largest absolute Gasteiger partial charge is 0.480 e. The van der Waals surface area contributed by atoms with Crippen molar-refractivity contribution in [3.05, 3.63) is 46.5 Å². The molecule has 1 aromatic heterocycles. The second-order valence-electron chi connectivity index (χ2n) is 5.75. The Morgan fingerprint density at radius 3 is 2.65 bits per heavy atom. The molecule has 10 nitrogen and oxygen atoms in total. The Morgan fingerprint density at radius 1 is 1.35 bits per heavy atom. The minimum atomic E-state index is -1.35. The van der Waals surface area contributed by atoms with Crippen LogP contribution in [0, 0.1) is 10.1 Å². The van der Waals surface area contributed by atoms with E-state index in [2.05, 4.69) is 15.4 Å². The molecule has 2 aromatic rings.